The van der Waals surface area contributed by atoms with E-state index < -0.39 is 0 Å². The summed E-state index contributed by atoms with van der Waals surface area (Å²) in [7, 11) is -0.331. The van der Waals surface area contributed by atoms with Gasteiger partial charge in [0.25, 0.3) is 0 Å². The molecule has 0 radical (unpaired) electrons. The maximum absolute atomic E-state index is 4.65. The van der Waals surface area contributed by atoms with E-state index in [9.17, 15) is 0 Å². The minimum atomic E-state index is -0.331. The molecule has 1 aliphatic rings. The zero-order chi connectivity index (χ0) is 16.4. The van der Waals surface area contributed by atoms with Gasteiger partial charge in [-0.05, 0) is 42.2 Å². The lowest BCUT2D eigenvalue weighted by atomic mass is 9.72. The van der Waals surface area contributed by atoms with Crippen molar-refractivity contribution in [3.05, 3.63) is 114 Å². The van der Waals surface area contributed by atoms with Crippen molar-refractivity contribution < 1.29 is 0 Å². The van der Waals surface area contributed by atoms with E-state index in [0.717, 1.165) is 6.42 Å². The van der Waals surface area contributed by atoms with Gasteiger partial charge in [0.15, 0.2) is 0 Å². The zero-order valence-electron chi connectivity index (χ0n) is 13.7. The van der Waals surface area contributed by atoms with Crippen molar-refractivity contribution in [2.45, 2.75) is 11.8 Å². The molecule has 0 bridgehead atoms. The predicted molar refractivity (Wildman–Crippen MR) is 105 cm³/mol. The van der Waals surface area contributed by atoms with Crippen molar-refractivity contribution in [2.75, 3.05) is 6.16 Å². The Morgan fingerprint density at radius 2 is 1.12 bits per heavy atom. The summed E-state index contributed by atoms with van der Waals surface area (Å²) >= 11 is 0. The fourth-order valence-electron chi connectivity index (χ4n) is 3.92. The Morgan fingerprint density at radius 1 is 0.667 bits per heavy atom. The Labute approximate surface area is 145 Å². The molecule has 0 saturated carbocycles. The second-order valence-corrected chi connectivity index (χ2v) is 8.68. The van der Waals surface area contributed by atoms with E-state index in [1.807, 2.05) is 0 Å². The molecule has 24 heavy (non-hydrogen) atoms. The topological polar surface area (TPSA) is 0 Å². The minimum Gasteiger partial charge on any atom is -0.0938 e. The van der Waals surface area contributed by atoms with Gasteiger partial charge in [-0.1, -0.05) is 97.6 Å². The van der Waals surface area contributed by atoms with Crippen molar-refractivity contribution in [3.63, 3.8) is 0 Å². The predicted octanol–water partition coefficient (Wildman–Crippen LogP) is 5.70. The second kappa shape index (κ2) is 6.38. The van der Waals surface area contributed by atoms with Gasteiger partial charge in [-0.3, -0.25) is 0 Å². The number of hydrogen-bond donors (Lipinski definition) is 0. The first kappa shape index (κ1) is 15.4. The monoisotopic (exact) mass is 328 g/mol. The maximum atomic E-state index is 4.65. The first-order valence-electron chi connectivity index (χ1n) is 8.45. The van der Waals surface area contributed by atoms with Crippen LogP contribution in [0.1, 0.15) is 17.5 Å². The molecule has 1 unspecified atom stereocenters. The molecule has 1 saturated heterocycles. The van der Waals surface area contributed by atoms with Crippen molar-refractivity contribution in [1.29, 1.82) is 0 Å². The van der Waals surface area contributed by atoms with Gasteiger partial charge in [-0.2, -0.15) is 0 Å². The average molecular weight is 328 g/mol. The molecule has 1 aliphatic heterocycles. The van der Waals surface area contributed by atoms with E-state index in [0.29, 0.717) is 0 Å². The van der Waals surface area contributed by atoms with Crippen LogP contribution in [-0.2, 0) is 5.41 Å². The smallest absolute Gasteiger partial charge is 0.0456 e. The van der Waals surface area contributed by atoms with E-state index in [2.05, 4.69) is 97.6 Å². The molecule has 0 aromatic heterocycles. The Morgan fingerprint density at radius 3 is 1.62 bits per heavy atom. The Kier molecular flexibility index (Phi) is 4.08. The molecule has 4 rings (SSSR count). The highest BCUT2D eigenvalue weighted by Gasteiger charge is 2.45. The van der Waals surface area contributed by atoms with Crippen LogP contribution in [0.5, 0.6) is 0 Å². The second-order valence-electron chi connectivity index (χ2n) is 6.32. The van der Waals surface area contributed by atoms with Crippen LogP contribution in [-0.4, -0.2) is 6.16 Å². The molecule has 3 aromatic carbocycles. The van der Waals surface area contributed by atoms with E-state index in [1.165, 1.54) is 27.9 Å². The third kappa shape index (κ3) is 2.43. The van der Waals surface area contributed by atoms with Crippen molar-refractivity contribution in [1.82, 2.24) is 0 Å². The van der Waals surface area contributed by atoms with Crippen LogP contribution < -0.4 is 5.30 Å². The molecule has 1 fully saturated rings. The summed E-state index contributed by atoms with van der Waals surface area (Å²) in [5.41, 5.74) is 2.70. The van der Waals surface area contributed by atoms with E-state index in [1.54, 1.807) is 0 Å². The molecule has 1 atom stereocenters. The molecule has 0 amide bonds. The van der Waals surface area contributed by atoms with Crippen LogP contribution in [0.25, 0.3) is 0 Å². The van der Waals surface area contributed by atoms with Gasteiger partial charge < -0.3 is 0 Å². The van der Waals surface area contributed by atoms with Gasteiger partial charge >= 0.3 is 0 Å². The molecular weight excluding hydrogens is 307 g/mol. The number of hydrogen-bond acceptors (Lipinski definition) is 0. The molecule has 0 aliphatic carbocycles. The van der Waals surface area contributed by atoms with Gasteiger partial charge in [-0.25, -0.2) is 0 Å². The summed E-state index contributed by atoms with van der Waals surface area (Å²) < 4.78 is 0. The SMILES string of the molecule is C=C1P(c2ccccc2)CCC1(c1ccccc1)c1ccccc1. The highest BCUT2D eigenvalue weighted by atomic mass is 31.1. The molecule has 3 aromatic rings. The lowest BCUT2D eigenvalue weighted by molar-refractivity contribution is 0.633. The first-order chi connectivity index (χ1) is 11.8. The molecule has 1 heteroatoms. The van der Waals surface area contributed by atoms with E-state index >= 15 is 0 Å². The third-order valence-electron chi connectivity index (χ3n) is 5.13. The number of benzene rings is 3. The average Bonchev–Trinajstić information content (AvgIpc) is 3.02. The summed E-state index contributed by atoms with van der Waals surface area (Å²) in [5.74, 6) is 0. The maximum Gasteiger partial charge on any atom is 0.0456 e. The lowest BCUT2D eigenvalue weighted by Crippen LogP contribution is -2.25. The van der Waals surface area contributed by atoms with Crippen LogP contribution in [0.2, 0.25) is 0 Å². The molecule has 118 valence electrons. The summed E-state index contributed by atoms with van der Waals surface area (Å²) in [4.78, 5) is 0. The van der Waals surface area contributed by atoms with Crippen LogP contribution >= 0.6 is 7.92 Å². The van der Waals surface area contributed by atoms with Gasteiger partial charge in [0, 0.05) is 5.41 Å². The summed E-state index contributed by atoms with van der Waals surface area (Å²) in [6.45, 7) is 4.65. The molecule has 0 nitrogen and oxygen atoms in total. The normalized spacial score (nSPS) is 19.3. The lowest BCUT2D eigenvalue weighted by Gasteiger charge is -2.33. The molecular formula is C23H21P. The summed E-state index contributed by atoms with van der Waals surface area (Å²) in [6.07, 6.45) is 2.35. The largest absolute Gasteiger partial charge is 0.0938 e. The number of rotatable bonds is 3. The standard InChI is InChI=1S/C23H21P/c1-19-23(20-11-5-2-6-12-20,21-13-7-3-8-14-21)17-18-24(19)22-15-9-4-10-16-22/h2-16H,1,17-18H2. The van der Waals surface area contributed by atoms with E-state index in [4.69, 9.17) is 0 Å². The van der Waals surface area contributed by atoms with Gasteiger partial charge in [0.05, 0.1) is 0 Å². The van der Waals surface area contributed by atoms with Crippen LogP contribution in [0.4, 0.5) is 0 Å². The summed E-state index contributed by atoms with van der Waals surface area (Å²) in [5, 5.41) is 2.84. The van der Waals surface area contributed by atoms with Gasteiger partial charge in [0.2, 0.25) is 0 Å². The quantitative estimate of drug-likeness (QED) is 0.541. The highest BCUT2D eigenvalue weighted by Crippen LogP contribution is 2.63. The minimum absolute atomic E-state index is 0.0515. The fraction of sp³-hybridized carbons (Fsp3) is 0.130. The Bertz CT molecular complexity index is 782. The zero-order valence-corrected chi connectivity index (χ0v) is 14.6. The van der Waals surface area contributed by atoms with Crippen LogP contribution in [0.15, 0.2) is 103 Å². The summed E-state index contributed by atoms with van der Waals surface area (Å²) in [6, 6.07) is 32.8. The van der Waals surface area contributed by atoms with Gasteiger partial charge in [-0.15, -0.1) is 0 Å². The van der Waals surface area contributed by atoms with Crippen molar-refractivity contribution >= 4 is 13.2 Å². The molecule has 0 N–H and O–H groups in total. The Balaban J connectivity index is 1.86. The van der Waals surface area contributed by atoms with Crippen LogP contribution in [0.3, 0.4) is 0 Å². The molecule has 0 spiro atoms. The number of allylic oxidation sites excluding steroid dienone is 1. The van der Waals surface area contributed by atoms with Crippen molar-refractivity contribution in [2.24, 2.45) is 0 Å². The highest BCUT2D eigenvalue weighted by molar-refractivity contribution is 7.70. The first-order valence-corrected chi connectivity index (χ1v) is 9.98. The molecule has 1 heterocycles. The third-order valence-corrected chi connectivity index (χ3v) is 7.76. The Hall–Kier alpha value is -2.17. The van der Waals surface area contributed by atoms with Crippen LogP contribution in [0, 0.1) is 0 Å². The van der Waals surface area contributed by atoms with E-state index in [-0.39, 0.29) is 13.3 Å². The van der Waals surface area contributed by atoms with Crippen molar-refractivity contribution in [3.8, 4) is 0 Å². The van der Waals surface area contributed by atoms with Gasteiger partial charge in [0.1, 0.15) is 0 Å². The fourth-order valence-corrected chi connectivity index (χ4v) is 6.68.